The van der Waals surface area contributed by atoms with Crippen LogP contribution in [0.25, 0.3) is 0 Å². The van der Waals surface area contributed by atoms with E-state index in [1.807, 2.05) is 19.9 Å². The second-order valence-corrected chi connectivity index (χ2v) is 7.79. The van der Waals surface area contributed by atoms with Gasteiger partial charge in [0, 0.05) is 17.5 Å². The van der Waals surface area contributed by atoms with Crippen molar-refractivity contribution >= 4 is 39.1 Å². The van der Waals surface area contributed by atoms with Gasteiger partial charge in [0.25, 0.3) is 0 Å². The topological polar surface area (TPSA) is 49.4 Å². The van der Waals surface area contributed by atoms with Gasteiger partial charge in [-0.25, -0.2) is 0 Å². The molecule has 0 aromatic carbocycles. The monoisotopic (exact) mass is 372 g/mol. The van der Waals surface area contributed by atoms with Crippen molar-refractivity contribution in [2.75, 3.05) is 6.54 Å². The zero-order chi connectivity index (χ0) is 15.4. The molecule has 1 aromatic heterocycles. The molecule has 0 spiro atoms. The van der Waals surface area contributed by atoms with E-state index in [0.717, 1.165) is 23.0 Å². The smallest absolute Gasteiger partial charge is 0.247 e. The highest BCUT2D eigenvalue weighted by atomic mass is 79.9. The molecule has 0 bridgehead atoms. The van der Waals surface area contributed by atoms with Crippen LogP contribution in [-0.4, -0.2) is 35.3 Å². The van der Waals surface area contributed by atoms with Gasteiger partial charge in [-0.15, -0.1) is 11.3 Å². The zero-order valence-electron chi connectivity index (χ0n) is 12.4. The highest BCUT2D eigenvalue weighted by Crippen LogP contribution is 2.23. The Labute approximate surface area is 138 Å². The number of halogens is 1. The van der Waals surface area contributed by atoms with Crippen molar-refractivity contribution < 1.29 is 9.59 Å². The fourth-order valence-electron chi connectivity index (χ4n) is 2.70. The molecule has 2 amide bonds. The Bertz CT molecular complexity index is 514. The van der Waals surface area contributed by atoms with Crippen molar-refractivity contribution in [3.05, 3.63) is 20.8 Å². The summed E-state index contributed by atoms with van der Waals surface area (Å²) in [5.74, 6) is -0.0915. The Balaban J connectivity index is 1.87. The van der Waals surface area contributed by atoms with Crippen LogP contribution >= 0.6 is 27.3 Å². The van der Waals surface area contributed by atoms with Crippen molar-refractivity contribution in [3.8, 4) is 0 Å². The first-order valence-corrected chi connectivity index (χ1v) is 9.01. The first-order valence-electron chi connectivity index (χ1n) is 7.40. The summed E-state index contributed by atoms with van der Waals surface area (Å²) in [5, 5.41) is 3.23. The van der Waals surface area contributed by atoms with Crippen LogP contribution in [0, 0.1) is 0 Å². The molecule has 0 radical (unpaired) electrons. The lowest BCUT2D eigenvalue weighted by Gasteiger charge is -2.24. The number of likely N-dealkylation sites (tertiary alicyclic amines) is 1. The lowest BCUT2D eigenvalue weighted by molar-refractivity contribution is -0.141. The van der Waals surface area contributed by atoms with Gasteiger partial charge < -0.3 is 5.32 Å². The molecule has 1 atom stereocenters. The summed E-state index contributed by atoms with van der Waals surface area (Å²) in [5.41, 5.74) is 0. The van der Waals surface area contributed by atoms with E-state index in [-0.39, 0.29) is 23.9 Å². The summed E-state index contributed by atoms with van der Waals surface area (Å²) < 4.78 is 1.12. The number of rotatable bonds is 7. The first kappa shape index (κ1) is 16.6. The highest BCUT2D eigenvalue weighted by molar-refractivity contribution is 9.11. The fraction of sp³-hybridized carbons (Fsp3) is 0.600. The van der Waals surface area contributed by atoms with E-state index in [1.54, 1.807) is 11.3 Å². The summed E-state index contributed by atoms with van der Waals surface area (Å²) in [6, 6.07) is 3.81. The molecule has 1 unspecified atom stereocenters. The number of hydrogen-bond donors (Lipinski definition) is 1. The van der Waals surface area contributed by atoms with Gasteiger partial charge in [-0.05, 0) is 47.3 Å². The summed E-state index contributed by atoms with van der Waals surface area (Å²) in [4.78, 5) is 27.1. The number of hydrogen-bond acceptors (Lipinski definition) is 4. The second-order valence-electron chi connectivity index (χ2n) is 5.24. The van der Waals surface area contributed by atoms with Crippen molar-refractivity contribution in [1.82, 2.24) is 10.2 Å². The van der Waals surface area contributed by atoms with E-state index < -0.39 is 0 Å². The van der Waals surface area contributed by atoms with E-state index in [4.69, 9.17) is 0 Å². The number of carbonyl (C=O) groups excluding carboxylic acids is 2. The van der Waals surface area contributed by atoms with Crippen LogP contribution in [0.5, 0.6) is 0 Å². The average molecular weight is 373 g/mol. The summed E-state index contributed by atoms with van der Waals surface area (Å²) in [7, 11) is 0. The van der Waals surface area contributed by atoms with Gasteiger partial charge in [0.05, 0.1) is 16.2 Å². The molecule has 0 aliphatic carbocycles. The molecule has 1 N–H and O–H groups in total. The van der Waals surface area contributed by atoms with Gasteiger partial charge in [0.2, 0.25) is 11.8 Å². The maximum atomic E-state index is 12.4. The minimum Gasteiger partial charge on any atom is -0.305 e. The maximum Gasteiger partial charge on any atom is 0.247 e. The third-order valence-electron chi connectivity index (χ3n) is 3.88. The van der Waals surface area contributed by atoms with E-state index in [1.165, 1.54) is 9.78 Å². The first-order chi connectivity index (χ1) is 10.1. The summed E-state index contributed by atoms with van der Waals surface area (Å²) >= 11 is 5.14. The lowest BCUT2D eigenvalue weighted by atomic mass is 10.1. The zero-order valence-corrected chi connectivity index (χ0v) is 14.8. The standard InChI is InChI=1S/C15H21BrN2O2S/c1-3-10(4-2)18-14(19)9-12(15(18)20)17-8-7-11-5-6-13(16)21-11/h5-6,10,12,17H,3-4,7-9H2,1-2H3. The van der Waals surface area contributed by atoms with Crippen molar-refractivity contribution in [3.63, 3.8) is 0 Å². The minimum absolute atomic E-state index is 0.0370. The van der Waals surface area contributed by atoms with E-state index >= 15 is 0 Å². The Morgan fingerprint density at radius 3 is 2.67 bits per heavy atom. The maximum absolute atomic E-state index is 12.4. The van der Waals surface area contributed by atoms with Crippen LogP contribution < -0.4 is 5.32 Å². The van der Waals surface area contributed by atoms with Crippen molar-refractivity contribution in [2.24, 2.45) is 0 Å². The number of amides is 2. The van der Waals surface area contributed by atoms with Gasteiger partial charge >= 0.3 is 0 Å². The van der Waals surface area contributed by atoms with E-state index in [2.05, 4.69) is 27.3 Å². The molecule has 2 heterocycles. The van der Waals surface area contributed by atoms with Crippen LogP contribution in [-0.2, 0) is 16.0 Å². The van der Waals surface area contributed by atoms with E-state index in [0.29, 0.717) is 13.0 Å². The number of thiophene rings is 1. The molecule has 1 aliphatic heterocycles. The molecule has 1 aliphatic rings. The Morgan fingerprint density at radius 2 is 2.10 bits per heavy atom. The number of imide groups is 1. The third kappa shape index (κ3) is 3.93. The molecule has 1 aromatic rings. The fourth-order valence-corrected chi connectivity index (χ4v) is 4.19. The summed E-state index contributed by atoms with van der Waals surface area (Å²) in [6.07, 6.45) is 2.82. The summed E-state index contributed by atoms with van der Waals surface area (Å²) in [6.45, 7) is 4.75. The van der Waals surface area contributed by atoms with Gasteiger partial charge in [-0.1, -0.05) is 13.8 Å². The predicted molar refractivity (Wildman–Crippen MR) is 88.4 cm³/mol. The molecule has 2 rings (SSSR count). The SMILES string of the molecule is CCC(CC)N1C(=O)CC(NCCc2ccc(Br)s2)C1=O. The normalized spacial score (nSPS) is 19.0. The number of carbonyl (C=O) groups is 2. The molecular weight excluding hydrogens is 352 g/mol. The number of nitrogens with zero attached hydrogens (tertiary/aromatic N) is 1. The molecule has 6 heteroatoms. The Morgan fingerprint density at radius 1 is 1.38 bits per heavy atom. The third-order valence-corrected chi connectivity index (χ3v) is 5.57. The van der Waals surface area contributed by atoms with Crippen LogP contribution in [0.1, 0.15) is 38.0 Å². The lowest BCUT2D eigenvalue weighted by Crippen LogP contribution is -2.44. The van der Waals surface area contributed by atoms with Crippen LogP contribution in [0.4, 0.5) is 0 Å². The molecule has 1 fully saturated rings. The van der Waals surface area contributed by atoms with Crippen LogP contribution in [0.3, 0.4) is 0 Å². The van der Waals surface area contributed by atoms with E-state index in [9.17, 15) is 9.59 Å². The Kier molecular flexibility index (Phi) is 5.96. The van der Waals surface area contributed by atoms with Gasteiger partial charge in [-0.3, -0.25) is 14.5 Å². The average Bonchev–Trinajstić information content (AvgIpc) is 2.98. The van der Waals surface area contributed by atoms with Gasteiger partial charge in [0.1, 0.15) is 0 Å². The van der Waals surface area contributed by atoms with Crippen molar-refractivity contribution in [1.29, 1.82) is 0 Å². The van der Waals surface area contributed by atoms with Crippen LogP contribution in [0.2, 0.25) is 0 Å². The molecule has 4 nitrogen and oxygen atoms in total. The Hall–Kier alpha value is -0.720. The quantitative estimate of drug-likeness (QED) is 0.748. The van der Waals surface area contributed by atoms with Gasteiger partial charge in [0.15, 0.2) is 0 Å². The predicted octanol–water partition coefficient (Wildman–Crippen LogP) is 2.96. The molecule has 1 saturated heterocycles. The largest absolute Gasteiger partial charge is 0.305 e. The highest BCUT2D eigenvalue weighted by Gasteiger charge is 2.40. The van der Waals surface area contributed by atoms with Gasteiger partial charge in [-0.2, -0.15) is 0 Å². The minimum atomic E-state index is -0.346. The molecule has 0 saturated carbocycles. The molecule has 21 heavy (non-hydrogen) atoms. The van der Waals surface area contributed by atoms with Crippen molar-refractivity contribution in [2.45, 2.75) is 51.6 Å². The number of nitrogens with one attached hydrogen (secondary N) is 1. The molecular formula is C15H21BrN2O2S. The molecule has 116 valence electrons. The van der Waals surface area contributed by atoms with Crippen LogP contribution in [0.15, 0.2) is 15.9 Å². The second kappa shape index (κ2) is 7.51.